The van der Waals surface area contributed by atoms with Crippen molar-refractivity contribution in [1.29, 1.82) is 0 Å². The Morgan fingerprint density at radius 1 is 0.383 bits per heavy atom. The molecule has 1 aliphatic heterocycles. The van der Waals surface area contributed by atoms with Gasteiger partial charge in [0.1, 0.15) is 23.4 Å². The van der Waals surface area contributed by atoms with E-state index >= 15 is 0 Å². The Hall–Kier alpha value is -4.84. The minimum absolute atomic E-state index is 0.634. The molecule has 47 heavy (non-hydrogen) atoms. The van der Waals surface area contributed by atoms with E-state index in [2.05, 4.69) is 24.3 Å². The van der Waals surface area contributed by atoms with E-state index in [4.69, 9.17) is 9.47 Å². The van der Waals surface area contributed by atoms with Crippen molar-refractivity contribution < 1.29 is 19.7 Å². The predicted molar refractivity (Wildman–Crippen MR) is 186 cm³/mol. The van der Waals surface area contributed by atoms with Crippen LogP contribution in [0.1, 0.15) is 36.1 Å². The van der Waals surface area contributed by atoms with Gasteiger partial charge in [0.2, 0.25) is 0 Å². The molecule has 4 heteroatoms. The van der Waals surface area contributed by atoms with Gasteiger partial charge in [0.15, 0.2) is 5.79 Å². The Labute approximate surface area is 276 Å². The zero-order valence-electron chi connectivity index (χ0n) is 26.5. The van der Waals surface area contributed by atoms with E-state index < -0.39 is 29.2 Å². The minimum Gasteiger partial charge on any atom is -0.378 e. The van der Waals surface area contributed by atoms with E-state index in [1.807, 2.05) is 159 Å². The summed E-state index contributed by atoms with van der Waals surface area (Å²) in [4.78, 5) is 0. The fourth-order valence-corrected chi connectivity index (χ4v) is 6.84. The number of hydrogen-bond donors (Lipinski definition) is 2. The lowest BCUT2D eigenvalue weighted by Crippen LogP contribution is -2.55. The van der Waals surface area contributed by atoms with E-state index in [9.17, 15) is 10.2 Å². The van der Waals surface area contributed by atoms with Crippen LogP contribution >= 0.6 is 0 Å². The standard InChI is InChI=1S/C43H38O4/c1-41(2)46-39(42(44,35-19-11-5-12-20-35)37-27-23-33(24-28-37)31-15-7-3-8-16-31)40(47-41)43(45,36-21-13-6-14-22-36)38-29-25-34(26-30-38)32-17-9-4-10-18-32/h3-30,39-40,44-45H,1-2H3/t39-,40-,42?,43?/m1/s1. The van der Waals surface area contributed by atoms with Crippen molar-refractivity contribution in [3.8, 4) is 22.3 Å². The van der Waals surface area contributed by atoms with Gasteiger partial charge in [0.25, 0.3) is 0 Å². The van der Waals surface area contributed by atoms with Gasteiger partial charge in [-0.1, -0.05) is 170 Å². The summed E-state index contributed by atoms with van der Waals surface area (Å²) in [6.07, 6.45) is -2.03. The summed E-state index contributed by atoms with van der Waals surface area (Å²) in [5, 5.41) is 26.3. The van der Waals surface area contributed by atoms with E-state index in [0.717, 1.165) is 22.3 Å². The van der Waals surface area contributed by atoms with Gasteiger partial charge in [0.05, 0.1) is 0 Å². The highest BCUT2D eigenvalue weighted by atomic mass is 16.8. The molecule has 4 nitrogen and oxygen atoms in total. The summed E-state index contributed by atoms with van der Waals surface area (Å²) < 4.78 is 13.4. The molecule has 0 amide bonds. The molecule has 1 saturated heterocycles. The summed E-state index contributed by atoms with van der Waals surface area (Å²) >= 11 is 0. The highest BCUT2D eigenvalue weighted by Gasteiger charge is 2.61. The molecule has 1 heterocycles. The Kier molecular flexibility index (Phi) is 8.13. The number of aliphatic hydroxyl groups is 2. The number of ether oxygens (including phenoxy) is 2. The molecule has 0 aromatic heterocycles. The second kappa shape index (κ2) is 12.4. The van der Waals surface area contributed by atoms with Crippen LogP contribution in [0.15, 0.2) is 170 Å². The van der Waals surface area contributed by atoms with Crippen LogP contribution in [0.2, 0.25) is 0 Å². The van der Waals surface area contributed by atoms with Gasteiger partial charge in [-0.15, -0.1) is 0 Å². The summed E-state index contributed by atoms with van der Waals surface area (Å²) in [5.41, 5.74) is 3.39. The van der Waals surface area contributed by atoms with Crippen molar-refractivity contribution >= 4 is 0 Å². The Morgan fingerprint density at radius 3 is 0.957 bits per heavy atom. The van der Waals surface area contributed by atoms with Gasteiger partial charge in [-0.05, 0) is 58.4 Å². The molecule has 6 aromatic carbocycles. The van der Waals surface area contributed by atoms with Gasteiger partial charge >= 0.3 is 0 Å². The van der Waals surface area contributed by atoms with Crippen molar-refractivity contribution in [3.05, 3.63) is 192 Å². The Morgan fingerprint density at radius 2 is 0.638 bits per heavy atom. The zero-order valence-corrected chi connectivity index (χ0v) is 26.5. The van der Waals surface area contributed by atoms with Gasteiger partial charge < -0.3 is 19.7 Å². The van der Waals surface area contributed by atoms with Crippen molar-refractivity contribution in [3.63, 3.8) is 0 Å². The van der Waals surface area contributed by atoms with Crippen molar-refractivity contribution in [2.75, 3.05) is 0 Å². The summed E-state index contributed by atoms with van der Waals surface area (Å²) in [6, 6.07) is 55.1. The van der Waals surface area contributed by atoms with Crippen LogP contribution in [0.4, 0.5) is 0 Å². The van der Waals surface area contributed by atoms with Gasteiger partial charge in [-0.25, -0.2) is 0 Å². The predicted octanol–water partition coefficient (Wildman–Crippen LogP) is 8.71. The van der Waals surface area contributed by atoms with Crippen LogP contribution in [-0.2, 0) is 20.7 Å². The average molecular weight is 619 g/mol. The third-order valence-electron chi connectivity index (χ3n) is 9.21. The molecule has 0 radical (unpaired) electrons. The molecule has 234 valence electrons. The van der Waals surface area contributed by atoms with Crippen molar-refractivity contribution in [2.45, 2.75) is 43.0 Å². The third-order valence-corrected chi connectivity index (χ3v) is 9.21. The lowest BCUT2D eigenvalue weighted by molar-refractivity contribution is -0.172. The van der Waals surface area contributed by atoms with E-state index in [1.165, 1.54) is 0 Å². The van der Waals surface area contributed by atoms with E-state index in [0.29, 0.717) is 22.3 Å². The monoisotopic (exact) mass is 618 g/mol. The lowest BCUT2D eigenvalue weighted by Gasteiger charge is -2.42. The first-order valence-corrected chi connectivity index (χ1v) is 16.0. The summed E-state index contributed by atoms with van der Waals surface area (Å²) in [6.45, 7) is 3.65. The molecule has 1 aliphatic rings. The second-order valence-corrected chi connectivity index (χ2v) is 12.6. The van der Waals surface area contributed by atoms with Crippen LogP contribution < -0.4 is 0 Å². The van der Waals surface area contributed by atoms with Crippen molar-refractivity contribution in [2.24, 2.45) is 0 Å². The summed E-state index contributed by atoms with van der Waals surface area (Å²) in [7, 11) is 0. The van der Waals surface area contributed by atoms with Crippen molar-refractivity contribution in [1.82, 2.24) is 0 Å². The maximum atomic E-state index is 13.2. The SMILES string of the molecule is CC1(C)O[C@@H](C(O)(c2ccccc2)c2ccc(-c3ccccc3)cc2)[C@H](C(O)(c2ccccc2)c2ccc(-c3ccccc3)cc2)O1. The third kappa shape index (κ3) is 5.71. The molecular formula is C43H38O4. The molecule has 7 rings (SSSR count). The maximum absolute atomic E-state index is 13.2. The quantitative estimate of drug-likeness (QED) is 0.179. The first kappa shape index (κ1) is 30.8. The molecule has 0 bridgehead atoms. The molecule has 1 fully saturated rings. The van der Waals surface area contributed by atoms with Gasteiger partial charge in [0, 0.05) is 0 Å². The lowest BCUT2D eigenvalue weighted by atomic mass is 9.72. The Bertz CT molecular complexity index is 1770. The highest BCUT2D eigenvalue weighted by molar-refractivity contribution is 5.65. The first-order valence-electron chi connectivity index (χ1n) is 16.0. The number of hydrogen-bond acceptors (Lipinski definition) is 4. The van der Waals surface area contributed by atoms with Gasteiger partial charge in [-0.2, -0.15) is 0 Å². The molecule has 6 aromatic rings. The molecule has 0 aliphatic carbocycles. The molecule has 2 unspecified atom stereocenters. The van der Waals surface area contributed by atoms with Crippen LogP contribution in [0.25, 0.3) is 22.3 Å². The van der Waals surface area contributed by atoms with Crippen LogP contribution in [0, 0.1) is 0 Å². The summed E-state index contributed by atoms with van der Waals surface area (Å²) in [5.74, 6) is -1.12. The number of benzene rings is 6. The van der Waals surface area contributed by atoms with Crippen LogP contribution in [0.3, 0.4) is 0 Å². The average Bonchev–Trinajstić information content (AvgIpc) is 3.48. The normalized spacial score (nSPS) is 19.8. The number of rotatable bonds is 8. The highest BCUT2D eigenvalue weighted by Crippen LogP contribution is 2.50. The van der Waals surface area contributed by atoms with E-state index in [-0.39, 0.29) is 0 Å². The fraction of sp³-hybridized carbons (Fsp3) is 0.163. The topological polar surface area (TPSA) is 58.9 Å². The molecule has 4 atom stereocenters. The largest absolute Gasteiger partial charge is 0.378 e. The molecule has 2 N–H and O–H groups in total. The second-order valence-electron chi connectivity index (χ2n) is 12.6. The molecule has 0 saturated carbocycles. The fourth-order valence-electron chi connectivity index (χ4n) is 6.84. The van der Waals surface area contributed by atoms with E-state index in [1.54, 1.807) is 0 Å². The zero-order chi connectivity index (χ0) is 32.5. The molecule has 0 spiro atoms. The first-order chi connectivity index (χ1) is 22.8. The van der Waals surface area contributed by atoms with Crippen LogP contribution in [0.5, 0.6) is 0 Å². The smallest absolute Gasteiger partial charge is 0.164 e. The van der Waals surface area contributed by atoms with Gasteiger partial charge in [-0.3, -0.25) is 0 Å². The Balaban J connectivity index is 1.39. The molecular weight excluding hydrogens is 580 g/mol. The maximum Gasteiger partial charge on any atom is 0.164 e. The minimum atomic E-state index is -1.69. The van der Waals surface area contributed by atoms with Crippen LogP contribution in [-0.4, -0.2) is 28.2 Å².